The molecule has 7 heteroatoms. The van der Waals surface area contributed by atoms with E-state index >= 15 is 0 Å². The second-order valence-corrected chi connectivity index (χ2v) is 5.77. The molecule has 2 rings (SSSR count). The summed E-state index contributed by atoms with van der Waals surface area (Å²) in [5.74, 6) is -2.31. The van der Waals surface area contributed by atoms with Crippen LogP contribution >= 0.6 is 0 Å². The van der Waals surface area contributed by atoms with Gasteiger partial charge in [0.15, 0.2) is 11.6 Å². The van der Waals surface area contributed by atoms with Crippen LogP contribution in [0.1, 0.15) is 31.9 Å². The van der Waals surface area contributed by atoms with Crippen LogP contribution in [0, 0.1) is 17.6 Å². The molecule has 1 saturated heterocycles. The minimum Gasteiger partial charge on any atom is -0.387 e. The summed E-state index contributed by atoms with van der Waals surface area (Å²) in [5, 5.41) is 12.6. The molecule has 2 N–H and O–H groups in total. The molecule has 0 spiro atoms. The van der Waals surface area contributed by atoms with Crippen molar-refractivity contribution >= 4 is 11.9 Å². The lowest BCUT2D eigenvalue weighted by atomic mass is 10.0. The number of aliphatic hydroxyl groups is 1. The van der Waals surface area contributed by atoms with Crippen molar-refractivity contribution in [3.8, 4) is 0 Å². The molecule has 120 valence electrons. The third-order valence-corrected chi connectivity index (χ3v) is 3.50. The summed E-state index contributed by atoms with van der Waals surface area (Å²) in [7, 11) is 0. The van der Waals surface area contributed by atoms with Crippen LogP contribution in [0.2, 0.25) is 0 Å². The van der Waals surface area contributed by atoms with Crippen LogP contribution in [0.25, 0.3) is 0 Å². The van der Waals surface area contributed by atoms with Crippen LogP contribution < -0.4 is 5.32 Å². The van der Waals surface area contributed by atoms with E-state index in [9.17, 15) is 23.5 Å². The van der Waals surface area contributed by atoms with Gasteiger partial charge in [-0.15, -0.1) is 0 Å². The van der Waals surface area contributed by atoms with Gasteiger partial charge >= 0.3 is 6.03 Å². The molecule has 2 unspecified atom stereocenters. The minimum atomic E-state index is -1.28. The maximum absolute atomic E-state index is 13.2. The Kier molecular flexibility index (Phi) is 4.75. The summed E-state index contributed by atoms with van der Waals surface area (Å²) in [6.07, 6.45) is -0.773. The lowest BCUT2D eigenvalue weighted by molar-refractivity contribution is -0.128. The predicted octanol–water partition coefficient (Wildman–Crippen LogP) is 1.96. The van der Waals surface area contributed by atoms with Gasteiger partial charge < -0.3 is 10.4 Å². The zero-order valence-corrected chi connectivity index (χ0v) is 12.3. The molecule has 1 fully saturated rings. The first-order valence-corrected chi connectivity index (χ1v) is 7.04. The topological polar surface area (TPSA) is 69.6 Å². The Morgan fingerprint density at radius 3 is 2.55 bits per heavy atom. The first-order chi connectivity index (χ1) is 10.3. The van der Waals surface area contributed by atoms with Crippen LogP contribution in [0.15, 0.2) is 18.2 Å². The number of carbonyl (C=O) groups is 2. The number of urea groups is 1. The Hall–Kier alpha value is -2.02. The molecule has 1 aromatic rings. The van der Waals surface area contributed by atoms with E-state index in [4.69, 9.17) is 0 Å². The monoisotopic (exact) mass is 312 g/mol. The van der Waals surface area contributed by atoms with Crippen LogP contribution in [0.3, 0.4) is 0 Å². The summed E-state index contributed by atoms with van der Waals surface area (Å²) in [4.78, 5) is 24.9. The third kappa shape index (κ3) is 3.41. The molecular formula is C15H18F2N2O3. The fourth-order valence-electron chi connectivity index (χ4n) is 2.38. The van der Waals surface area contributed by atoms with Crippen molar-refractivity contribution in [3.63, 3.8) is 0 Å². The van der Waals surface area contributed by atoms with E-state index in [1.54, 1.807) is 0 Å². The number of nitrogens with zero attached hydrogens (tertiary/aromatic N) is 1. The number of imide groups is 1. The van der Waals surface area contributed by atoms with Crippen LogP contribution in [-0.2, 0) is 4.79 Å². The number of nitrogens with one attached hydrogen (secondary N) is 1. The average molecular weight is 312 g/mol. The number of β-amino-alcohol motifs (C(OH)–C–C–N with tert-alkyl or cyclic N) is 1. The second-order valence-electron chi connectivity index (χ2n) is 5.77. The van der Waals surface area contributed by atoms with Crippen molar-refractivity contribution in [1.29, 1.82) is 0 Å². The number of hydrogen-bond donors (Lipinski definition) is 2. The highest BCUT2D eigenvalue weighted by atomic mass is 19.2. The van der Waals surface area contributed by atoms with Gasteiger partial charge in [-0.05, 0) is 30.0 Å². The van der Waals surface area contributed by atoms with Crippen molar-refractivity contribution < 1.29 is 23.5 Å². The van der Waals surface area contributed by atoms with Crippen molar-refractivity contribution in [2.75, 3.05) is 6.54 Å². The Balaban J connectivity index is 2.07. The lowest BCUT2D eigenvalue weighted by Gasteiger charge is -2.18. The van der Waals surface area contributed by atoms with E-state index in [0.717, 1.165) is 17.0 Å². The maximum atomic E-state index is 13.2. The highest BCUT2D eigenvalue weighted by Crippen LogP contribution is 2.21. The normalized spacial score (nSPS) is 19.7. The van der Waals surface area contributed by atoms with Gasteiger partial charge in [0, 0.05) is 0 Å². The maximum Gasteiger partial charge on any atom is 0.324 e. The molecular weight excluding hydrogens is 294 g/mol. The minimum absolute atomic E-state index is 0.104. The van der Waals surface area contributed by atoms with Gasteiger partial charge in [0.1, 0.15) is 6.04 Å². The summed E-state index contributed by atoms with van der Waals surface area (Å²) in [6, 6.07) is 1.76. The first-order valence-electron chi connectivity index (χ1n) is 7.04. The number of hydrogen-bond acceptors (Lipinski definition) is 3. The predicted molar refractivity (Wildman–Crippen MR) is 74.8 cm³/mol. The van der Waals surface area contributed by atoms with Gasteiger partial charge in [-0.3, -0.25) is 9.69 Å². The Morgan fingerprint density at radius 1 is 1.27 bits per heavy atom. The molecule has 1 aromatic carbocycles. The van der Waals surface area contributed by atoms with Gasteiger partial charge in [-0.25, -0.2) is 13.6 Å². The van der Waals surface area contributed by atoms with E-state index < -0.39 is 35.7 Å². The van der Waals surface area contributed by atoms with E-state index in [2.05, 4.69) is 5.32 Å². The van der Waals surface area contributed by atoms with Crippen molar-refractivity contribution in [2.24, 2.45) is 5.92 Å². The second kappa shape index (κ2) is 6.39. The standard InChI is InChI=1S/C15H18F2N2O3/c1-8(2)5-12-14(21)19(15(22)18-12)7-13(20)9-3-4-10(16)11(17)6-9/h3-4,6,8,12-13,20H,5,7H2,1-2H3,(H,18,22). The van der Waals surface area contributed by atoms with Crippen LogP contribution in [-0.4, -0.2) is 34.5 Å². The molecule has 3 amide bonds. The van der Waals surface area contributed by atoms with Gasteiger partial charge in [0.2, 0.25) is 0 Å². The zero-order chi connectivity index (χ0) is 16.4. The number of aliphatic hydroxyl groups excluding tert-OH is 1. The summed E-state index contributed by atoms with van der Waals surface area (Å²) in [6.45, 7) is 3.56. The molecule has 1 aliphatic heterocycles. The number of carbonyl (C=O) groups excluding carboxylic acids is 2. The van der Waals surface area contributed by atoms with Gasteiger partial charge in [-0.1, -0.05) is 19.9 Å². The first kappa shape index (κ1) is 16.4. The number of halogens is 2. The third-order valence-electron chi connectivity index (χ3n) is 3.50. The Labute approximate surface area is 126 Å². The average Bonchev–Trinajstić information content (AvgIpc) is 2.68. The molecule has 2 atom stereocenters. The molecule has 0 bridgehead atoms. The smallest absolute Gasteiger partial charge is 0.324 e. The van der Waals surface area contributed by atoms with E-state index in [1.807, 2.05) is 13.8 Å². The SMILES string of the molecule is CC(C)CC1NC(=O)N(CC(O)c2ccc(F)c(F)c2)C1=O. The molecule has 22 heavy (non-hydrogen) atoms. The van der Waals surface area contributed by atoms with Crippen molar-refractivity contribution in [1.82, 2.24) is 10.2 Å². The fourth-order valence-corrected chi connectivity index (χ4v) is 2.38. The van der Waals surface area contributed by atoms with Gasteiger partial charge in [0.05, 0.1) is 12.6 Å². The lowest BCUT2D eigenvalue weighted by Crippen LogP contribution is -2.35. The molecule has 1 heterocycles. The summed E-state index contributed by atoms with van der Waals surface area (Å²) >= 11 is 0. The highest BCUT2D eigenvalue weighted by molar-refractivity contribution is 6.04. The van der Waals surface area contributed by atoms with Crippen LogP contribution in [0.4, 0.5) is 13.6 Å². The zero-order valence-electron chi connectivity index (χ0n) is 12.3. The Bertz CT molecular complexity index is 592. The summed E-state index contributed by atoms with van der Waals surface area (Å²) in [5.41, 5.74) is 0.104. The van der Waals surface area contributed by atoms with E-state index in [-0.39, 0.29) is 18.0 Å². The largest absolute Gasteiger partial charge is 0.387 e. The van der Waals surface area contributed by atoms with Crippen molar-refractivity contribution in [2.45, 2.75) is 32.4 Å². The molecule has 0 radical (unpaired) electrons. The highest BCUT2D eigenvalue weighted by Gasteiger charge is 2.39. The van der Waals surface area contributed by atoms with E-state index in [0.29, 0.717) is 6.42 Å². The van der Waals surface area contributed by atoms with Crippen molar-refractivity contribution in [3.05, 3.63) is 35.4 Å². The van der Waals surface area contributed by atoms with E-state index in [1.165, 1.54) is 6.07 Å². The number of rotatable bonds is 5. The molecule has 0 aliphatic carbocycles. The quantitative estimate of drug-likeness (QED) is 0.817. The molecule has 5 nitrogen and oxygen atoms in total. The molecule has 0 aromatic heterocycles. The van der Waals surface area contributed by atoms with Gasteiger partial charge in [-0.2, -0.15) is 0 Å². The van der Waals surface area contributed by atoms with Gasteiger partial charge in [0.25, 0.3) is 5.91 Å². The number of amides is 3. The fraction of sp³-hybridized carbons (Fsp3) is 0.467. The van der Waals surface area contributed by atoms with Crippen LogP contribution in [0.5, 0.6) is 0 Å². The molecule has 1 aliphatic rings. The summed E-state index contributed by atoms with van der Waals surface area (Å²) < 4.78 is 26.0. The number of benzene rings is 1. The Morgan fingerprint density at radius 2 is 1.95 bits per heavy atom. The molecule has 0 saturated carbocycles.